The molecule has 2 fully saturated rings. The number of carboxylic acid groups (broad SMARTS) is 3. The molecule has 0 unspecified atom stereocenters. The summed E-state index contributed by atoms with van der Waals surface area (Å²) in [7, 11) is 0. The molecule has 0 spiro atoms. The van der Waals surface area contributed by atoms with Crippen molar-refractivity contribution >= 4 is 23.8 Å². The van der Waals surface area contributed by atoms with Gasteiger partial charge in [0.05, 0.1) is 19.6 Å². The molecule has 0 atom stereocenters. The molecule has 5 N–H and O–H groups in total. The summed E-state index contributed by atoms with van der Waals surface area (Å²) in [5, 5.41) is 34.6. The smallest absolute Gasteiger partial charge is 0.317 e. The minimum atomic E-state index is -0.970. The molecular weight excluding hydrogens is 520 g/mol. The first-order valence-electron chi connectivity index (χ1n) is 14.7. The maximum absolute atomic E-state index is 12.4. The zero-order chi connectivity index (χ0) is 29.3. The van der Waals surface area contributed by atoms with Gasteiger partial charge in [-0.25, -0.2) is 0 Å². The number of hydrogen-bond donors (Lipinski definition) is 5. The average Bonchev–Trinajstić information content (AvgIpc) is 2.89. The third-order valence-corrected chi connectivity index (χ3v) is 7.82. The van der Waals surface area contributed by atoms with Gasteiger partial charge in [0.25, 0.3) is 0 Å². The van der Waals surface area contributed by atoms with Crippen LogP contribution in [0.15, 0.2) is 0 Å². The number of rotatable bonds is 14. The monoisotopic (exact) mass is 570 g/mol. The molecule has 0 radical (unpaired) electrons. The minimum Gasteiger partial charge on any atom is -0.480 e. The number of carbonyl (C=O) groups is 4. The van der Waals surface area contributed by atoms with Crippen molar-refractivity contribution in [3.63, 3.8) is 0 Å². The summed E-state index contributed by atoms with van der Waals surface area (Å²) < 4.78 is 0. The van der Waals surface area contributed by atoms with Gasteiger partial charge < -0.3 is 26.0 Å². The van der Waals surface area contributed by atoms with Crippen molar-refractivity contribution in [2.24, 2.45) is 11.8 Å². The fraction of sp³-hybridized carbons (Fsp3) is 0.852. The van der Waals surface area contributed by atoms with Crippen molar-refractivity contribution in [1.82, 2.24) is 30.2 Å². The molecule has 1 saturated carbocycles. The Labute approximate surface area is 237 Å². The lowest BCUT2D eigenvalue weighted by Gasteiger charge is -2.33. The summed E-state index contributed by atoms with van der Waals surface area (Å²) in [6.45, 7) is 7.69. The Morgan fingerprint density at radius 1 is 0.675 bits per heavy atom. The number of aliphatic carboxylic acids is 3. The first-order chi connectivity index (χ1) is 19.2. The number of amides is 1. The van der Waals surface area contributed by atoms with E-state index in [0.29, 0.717) is 64.9 Å². The Morgan fingerprint density at radius 3 is 1.50 bits per heavy atom. The van der Waals surface area contributed by atoms with Crippen LogP contribution in [0, 0.1) is 11.8 Å². The molecular formula is C27H50N6O7. The minimum absolute atomic E-state index is 0.107. The zero-order valence-corrected chi connectivity index (χ0v) is 24.1. The molecule has 230 valence electrons. The van der Waals surface area contributed by atoms with Crippen LogP contribution in [-0.4, -0.2) is 150 Å². The van der Waals surface area contributed by atoms with Gasteiger partial charge in [-0.2, -0.15) is 0 Å². The van der Waals surface area contributed by atoms with Crippen LogP contribution in [0.25, 0.3) is 0 Å². The topological polar surface area (TPSA) is 166 Å². The Kier molecular flexibility index (Phi) is 16.0. The van der Waals surface area contributed by atoms with E-state index in [1.165, 1.54) is 0 Å². The van der Waals surface area contributed by atoms with Crippen molar-refractivity contribution in [3.8, 4) is 0 Å². The molecule has 0 bridgehead atoms. The summed E-state index contributed by atoms with van der Waals surface area (Å²) in [6.07, 6.45) is 5.89. The van der Waals surface area contributed by atoms with Crippen molar-refractivity contribution in [2.75, 3.05) is 91.8 Å². The van der Waals surface area contributed by atoms with Crippen LogP contribution in [0.5, 0.6) is 0 Å². The molecule has 1 saturated heterocycles. The predicted molar refractivity (Wildman–Crippen MR) is 150 cm³/mol. The lowest BCUT2D eigenvalue weighted by atomic mass is 9.81. The molecule has 2 rings (SSSR count). The molecule has 40 heavy (non-hydrogen) atoms. The summed E-state index contributed by atoms with van der Waals surface area (Å²) in [6, 6.07) is 0. The maximum atomic E-state index is 12.4. The van der Waals surface area contributed by atoms with Crippen LogP contribution >= 0.6 is 0 Å². The molecule has 1 amide bonds. The molecule has 1 aliphatic carbocycles. The molecule has 0 aromatic rings. The molecule has 13 heteroatoms. The predicted octanol–water partition coefficient (Wildman–Crippen LogP) is -0.268. The highest BCUT2D eigenvalue weighted by Gasteiger charge is 2.26. The largest absolute Gasteiger partial charge is 0.480 e. The number of carboxylic acids is 3. The van der Waals surface area contributed by atoms with Crippen molar-refractivity contribution in [2.45, 2.75) is 45.4 Å². The molecule has 1 heterocycles. The Morgan fingerprint density at radius 2 is 1.10 bits per heavy atom. The van der Waals surface area contributed by atoms with Crippen LogP contribution in [0.1, 0.15) is 45.4 Å². The van der Waals surface area contributed by atoms with Crippen LogP contribution in [0.2, 0.25) is 0 Å². The van der Waals surface area contributed by atoms with E-state index in [4.69, 9.17) is 0 Å². The van der Waals surface area contributed by atoms with E-state index in [0.717, 1.165) is 51.6 Å². The van der Waals surface area contributed by atoms with Crippen molar-refractivity contribution in [3.05, 3.63) is 0 Å². The summed E-state index contributed by atoms with van der Waals surface area (Å²) >= 11 is 0. The number of unbranched alkanes of at least 4 members (excludes halogenated alkanes) is 1. The highest BCUT2D eigenvalue weighted by Crippen LogP contribution is 2.28. The van der Waals surface area contributed by atoms with Gasteiger partial charge in [-0.3, -0.25) is 38.8 Å². The van der Waals surface area contributed by atoms with E-state index in [9.17, 15) is 34.5 Å². The highest BCUT2D eigenvalue weighted by atomic mass is 16.4. The summed E-state index contributed by atoms with van der Waals surface area (Å²) in [5.74, 6) is -2.04. The molecule has 0 aromatic carbocycles. The van der Waals surface area contributed by atoms with Crippen LogP contribution < -0.4 is 10.6 Å². The highest BCUT2D eigenvalue weighted by molar-refractivity contribution is 5.78. The first kappa shape index (κ1) is 33.9. The Bertz CT molecular complexity index is 761. The fourth-order valence-corrected chi connectivity index (χ4v) is 5.37. The second-order valence-corrected chi connectivity index (χ2v) is 11.1. The zero-order valence-electron chi connectivity index (χ0n) is 24.1. The van der Waals surface area contributed by atoms with Gasteiger partial charge in [-0.1, -0.05) is 13.3 Å². The van der Waals surface area contributed by atoms with Gasteiger partial charge in [0.1, 0.15) is 0 Å². The number of nitrogens with one attached hydrogen (secondary N) is 2. The normalized spacial score (nSPS) is 23.1. The van der Waals surface area contributed by atoms with Gasteiger partial charge in [0.15, 0.2) is 0 Å². The SMILES string of the molecule is CCCCNC(=O)C1CCC(CNCN2CCN(CC(=O)O)CCN(CC(=O)O)CCN(CC(=O)O)CC2)CC1. The van der Waals surface area contributed by atoms with Gasteiger partial charge >= 0.3 is 17.9 Å². The number of nitrogens with zero attached hydrogens (tertiary/aromatic N) is 4. The molecule has 1 aliphatic heterocycles. The van der Waals surface area contributed by atoms with Crippen LogP contribution in [0.4, 0.5) is 0 Å². The van der Waals surface area contributed by atoms with Crippen LogP contribution in [0.3, 0.4) is 0 Å². The second kappa shape index (κ2) is 18.9. The van der Waals surface area contributed by atoms with Crippen molar-refractivity contribution in [1.29, 1.82) is 0 Å². The van der Waals surface area contributed by atoms with E-state index in [2.05, 4.69) is 22.5 Å². The lowest BCUT2D eigenvalue weighted by molar-refractivity contribution is -0.140. The quantitative estimate of drug-likeness (QED) is 0.174. The van der Waals surface area contributed by atoms with Gasteiger partial charge in [0.2, 0.25) is 5.91 Å². The average molecular weight is 571 g/mol. The number of hydrogen-bond acceptors (Lipinski definition) is 9. The molecule has 13 nitrogen and oxygen atoms in total. The summed E-state index contributed by atoms with van der Waals surface area (Å²) in [4.78, 5) is 54.2. The Hall–Kier alpha value is -2.32. The van der Waals surface area contributed by atoms with E-state index in [1.807, 2.05) is 9.80 Å². The van der Waals surface area contributed by atoms with Crippen molar-refractivity contribution < 1.29 is 34.5 Å². The second-order valence-electron chi connectivity index (χ2n) is 11.1. The third-order valence-electron chi connectivity index (χ3n) is 7.82. The van der Waals surface area contributed by atoms with E-state index >= 15 is 0 Å². The van der Waals surface area contributed by atoms with Crippen LogP contribution in [-0.2, 0) is 19.2 Å². The Balaban J connectivity index is 1.90. The third kappa shape index (κ3) is 14.4. The van der Waals surface area contributed by atoms with Gasteiger partial charge in [-0.15, -0.1) is 0 Å². The van der Waals surface area contributed by atoms with E-state index in [-0.39, 0.29) is 31.5 Å². The van der Waals surface area contributed by atoms with Gasteiger partial charge in [-0.05, 0) is 44.6 Å². The number of carbonyl (C=O) groups excluding carboxylic acids is 1. The summed E-state index contributed by atoms with van der Waals surface area (Å²) in [5.41, 5.74) is 0. The standard InChI is InChI=1S/C27H50N6O7/c1-2-3-8-29-27(40)23-6-4-22(5-7-23)17-28-21-33-15-13-31(19-25(36)37)11-9-30(18-24(34)35)10-12-32(14-16-33)20-26(38)39/h22-23,28H,2-21H2,1H3,(H,29,40)(H,34,35)(H,36,37)(H,38,39). The van der Waals surface area contributed by atoms with Gasteiger partial charge in [0, 0.05) is 71.5 Å². The fourth-order valence-electron chi connectivity index (χ4n) is 5.37. The van der Waals surface area contributed by atoms with E-state index < -0.39 is 17.9 Å². The lowest BCUT2D eigenvalue weighted by Crippen LogP contribution is -2.50. The molecule has 0 aromatic heterocycles. The van der Waals surface area contributed by atoms with E-state index in [1.54, 1.807) is 4.90 Å². The maximum Gasteiger partial charge on any atom is 0.317 e. The molecule has 2 aliphatic rings. The first-order valence-corrected chi connectivity index (χ1v) is 14.7.